The maximum absolute atomic E-state index is 14.0. The molecule has 3 N–H and O–H groups in total. The second-order valence-electron chi connectivity index (χ2n) is 10.5. The van der Waals surface area contributed by atoms with Gasteiger partial charge in [-0.1, -0.05) is 0 Å². The Labute approximate surface area is 214 Å². The van der Waals surface area contributed by atoms with Crippen molar-refractivity contribution in [1.29, 1.82) is 0 Å². The molecule has 3 aromatic heterocycles. The van der Waals surface area contributed by atoms with Crippen molar-refractivity contribution < 1.29 is 23.5 Å². The molecular formula is C27H32FN5O4. The van der Waals surface area contributed by atoms with Crippen molar-refractivity contribution in [2.45, 2.75) is 76.1 Å². The number of aromatic nitrogens is 3. The third-order valence-corrected chi connectivity index (χ3v) is 6.78. The molecule has 0 atom stereocenters. The molecule has 2 saturated carbocycles. The number of hydrogen-bond donors (Lipinski definition) is 2. The number of rotatable bonds is 9. The fourth-order valence-corrected chi connectivity index (χ4v) is 4.75. The number of nitrogens with one attached hydrogen (secondary N) is 1. The highest BCUT2D eigenvalue weighted by Crippen LogP contribution is 2.44. The molecule has 5 rings (SSSR count). The van der Waals surface area contributed by atoms with Crippen LogP contribution >= 0.6 is 0 Å². The summed E-state index contributed by atoms with van der Waals surface area (Å²) in [5.41, 5.74) is 6.33. The largest absolute Gasteiger partial charge is 0.488 e. The van der Waals surface area contributed by atoms with E-state index < -0.39 is 11.6 Å². The molecule has 2 amide bonds. The molecule has 2 aliphatic rings. The van der Waals surface area contributed by atoms with Crippen molar-refractivity contribution >= 4 is 17.3 Å². The Balaban J connectivity index is 1.23. The Kier molecular flexibility index (Phi) is 6.74. The van der Waals surface area contributed by atoms with Gasteiger partial charge in [-0.15, -0.1) is 0 Å². The lowest BCUT2D eigenvalue weighted by molar-refractivity contribution is 0.0882. The number of hydrogen-bond acceptors (Lipinski definition) is 6. The first-order chi connectivity index (χ1) is 17.7. The van der Waals surface area contributed by atoms with Crippen LogP contribution in [-0.2, 0) is 0 Å². The SMILES string of the molecule is CC(C)(F)COc1ccc2c(C(=O)NC3CCC(Oc4ncccc4C(N)=O)CC3)cnn2c1C1CC1. The smallest absolute Gasteiger partial charge is 0.255 e. The van der Waals surface area contributed by atoms with E-state index in [-0.39, 0.29) is 36.1 Å². The quantitative estimate of drug-likeness (QED) is 0.451. The van der Waals surface area contributed by atoms with Gasteiger partial charge in [0.1, 0.15) is 29.7 Å². The molecular weight excluding hydrogens is 477 g/mol. The first-order valence-corrected chi connectivity index (χ1v) is 12.7. The van der Waals surface area contributed by atoms with E-state index in [1.807, 2.05) is 12.1 Å². The van der Waals surface area contributed by atoms with E-state index in [4.69, 9.17) is 15.2 Å². The zero-order valence-electron chi connectivity index (χ0n) is 21.1. The molecule has 2 aliphatic carbocycles. The summed E-state index contributed by atoms with van der Waals surface area (Å²) >= 11 is 0. The number of fused-ring (bicyclic) bond motifs is 1. The van der Waals surface area contributed by atoms with Crippen molar-refractivity contribution in [3.05, 3.63) is 53.5 Å². The predicted octanol–water partition coefficient (Wildman–Crippen LogP) is 3.95. The lowest BCUT2D eigenvalue weighted by atomic mass is 9.92. The molecule has 37 heavy (non-hydrogen) atoms. The van der Waals surface area contributed by atoms with Gasteiger partial charge in [-0.2, -0.15) is 5.10 Å². The number of nitrogens with two attached hydrogens (primary N) is 1. The van der Waals surface area contributed by atoms with Crippen LogP contribution < -0.4 is 20.5 Å². The molecule has 196 valence electrons. The van der Waals surface area contributed by atoms with Gasteiger partial charge in [0.2, 0.25) is 5.88 Å². The van der Waals surface area contributed by atoms with Gasteiger partial charge in [-0.05, 0) is 76.6 Å². The van der Waals surface area contributed by atoms with Crippen LogP contribution in [0.3, 0.4) is 0 Å². The standard InChI is InChI=1S/C27H32FN5O4/c1-27(2,28)15-36-22-12-11-21-20(14-31-33(21)23(22)16-5-6-16)25(35)32-17-7-9-18(10-8-17)37-26-19(24(29)34)4-3-13-30-26/h3-4,11-14,16-18H,5-10,15H2,1-2H3,(H2,29,34)(H,32,35). The minimum absolute atomic E-state index is 0.000983. The number of ether oxygens (including phenoxy) is 2. The summed E-state index contributed by atoms with van der Waals surface area (Å²) < 4.78 is 27.5. The molecule has 0 aliphatic heterocycles. The Morgan fingerprint density at radius 1 is 1.14 bits per heavy atom. The van der Waals surface area contributed by atoms with E-state index in [0.29, 0.717) is 35.6 Å². The van der Waals surface area contributed by atoms with E-state index in [2.05, 4.69) is 15.4 Å². The molecule has 2 fully saturated rings. The van der Waals surface area contributed by atoms with Crippen molar-refractivity contribution in [3.63, 3.8) is 0 Å². The fourth-order valence-electron chi connectivity index (χ4n) is 4.75. The zero-order chi connectivity index (χ0) is 26.2. The average Bonchev–Trinajstić information content (AvgIpc) is 3.61. The maximum atomic E-state index is 14.0. The van der Waals surface area contributed by atoms with Crippen LogP contribution in [-0.4, -0.2) is 50.8 Å². The maximum Gasteiger partial charge on any atom is 0.255 e. The third kappa shape index (κ3) is 5.68. The Morgan fingerprint density at radius 2 is 1.89 bits per heavy atom. The number of primary amides is 1. The van der Waals surface area contributed by atoms with Crippen LogP contribution in [0.15, 0.2) is 36.7 Å². The fraction of sp³-hybridized carbons (Fsp3) is 0.481. The van der Waals surface area contributed by atoms with Crippen LogP contribution in [0.25, 0.3) is 5.52 Å². The number of pyridine rings is 2. The van der Waals surface area contributed by atoms with Gasteiger partial charge >= 0.3 is 0 Å². The predicted molar refractivity (Wildman–Crippen MR) is 135 cm³/mol. The lowest BCUT2D eigenvalue weighted by Gasteiger charge is -2.29. The van der Waals surface area contributed by atoms with Crippen LogP contribution in [0.1, 0.15) is 84.7 Å². The van der Waals surface area contributed by atoms with Gasteiger partial charge in [0.25, 0.3) is 11.8 Å². The normalized spacial score (nSPS) is 20.0. The number of amides is 2. The number of nitrogens with zero attached hydrogens (tertiary/aromatic N) is 3. The Hall–Kier alpha value is -3.69. The molecule has 0 unspecified atom stereocenters. The second kappa shape index (κ2) is 9.99. The molecule has 9 nitrogen and oxygen atoms in total. The van der Waals surface area contributed by atoms with Gasteiger partial charge < -0.3 is 20.5 Å². The van der Waals surface area contributed by atoms with Crippen LogP contribution in [0, 0.1) is 0 Å². The summed E-state index contributed by atoms with van der Waals surface area (Å²) in [5, 5.41) is 7.63. The van der Waals surface area contributed by atoms with Crippen molar-refractivity contribution in [3.8, 4) is 11.6 Å². The zero-order valence-corrected chi connectivity index (χ0v) is 21.1. The topological polar surface area (TPSA) is 121 Å². The number of carbonyl (C=O) groups is 2. The van der Waals surface area contributed by atoms with Gasteiger partial charge in [-0.3, -0.25) is 9.59 Å². The monoisotopic (exact) mass is 509 g/mol. The minimum atomic E-state index is -1.45. The average molecular weight is 510 g/mol. The molecule has 0 radical (unpaired) electrons. The summed E-state index contributed by atoms with van der Waals surface area (Å²) in [6, 6.07) is 6.86. The summed E-state index contributed by atoms with van der Waals surface area (Å²) in [5.74, 6) is 0.398. The third-order valence-electron chi connectivity index (χ3n) is 6.78. The van der Waals surface area contributed by atoms with Crippen LogP contribution in [0.5, 0.6) is 11.6 Å². The van der Waals surface area contributed by atoms with E-state index in [1.54, 1.807) is 29.0 Å². The van der Waals surface area contributed by atoms with Gasteiger partial charge in [0.05, 0.1) is 23.0 Å². The first kappa shape index (κ1) is 25.0. The summed E-state index contributed by atoms with van der Waals surface area (Å²) in [4.78, 5) is 29.0. The van der Waals surface area contributed by atoms with Crippen LogP contribution in [0.4, 0.5) is 4.39 Å². The minimum Gasteiger partial charge on any atom is -0.488 e. The van der Waals surface area contributed by atoms with Crippen molar-refractivity contribution in [2.75, 3.05) is 6.61 Å². The number of alkyl halides is 1. The highest BCUT2D eigenvalue weighted by atomic mass is 19.1. The highest BCUT2D eigenvalue weighted by Gasteiger charge is 2.32. The first-order valence-electron chi connectivity index (χ1n) is 12.7. The Morgan fingerprint density at radius 3 is 2.57 bits per heavy atom. The molecule has 0 aromatic carbocycles. The summed E-state index contributed by atoms with van der Waals surface area (Å²) in [6.07, 6.45) is 7.97. The molecule has 3 heterocycles. The number of halogens is 1. The number of carbonyl (C=O) groups excluding carboxylic acids is 2. The summed E-state index contributed by atoms with van der Waals surface area (Å²) in [7, 11) is 0. The molecule has 0 spiro atoms. The molecule has 0 saturated heterocycles. The van der Waals surface area contributed by atoms with E-state index >= 15 is 0 Å². The van der Waals surface area contributed by atoms with Crippen molar-refractivity contribution in [1.82, 2.24) is 19.9 Å². The van der Waals surface area contributed by atoms with Gasteiger partial charge in [0.15, 0.2) is 0 Å². The van der Waals surface area contributed by atoms with E-state index in [1.165, 1.54) is 13.8 Å². The highest BCUT2D eigenvalue weighted by molar-refractivity contribution is 6.01. The Bertz CT molecular complexity index is 1310. The molecule has 10 heteroatoms. The summed E-state index contributed by atoms with van der Waals surface area (Å²) in [6.45, 7) is 2.91. The lowest BCUT2D eigenvalue weighted by Crippen LogP contribution is -2.39. The van der Waals surface area contributed by atoms with Crippen molar-refractivity contribution in [2.24, 2.45) is 5.73 Å². The second-order valence-corrected chi connectivity index (χ2v) is 10.5. The molecule has 0 bridgehead atoms. The van der Waals surface area contributed by atoms with Gasteiger partial charge in [0, 0.05) is 18.2 Å². The van der Waals surface area contributed by atoms with E-state index in [9.17, 15) is 14.0 Å². The van der Waals surface area contributed by atoms with E-state index in [0.717, 1.165) is 31.4 Å². The molecule has 3 aromatic rings. The van der Waals surface area contributed by atoms with Gasteiger partial charge in [-0.25, -0.2) is 13.9 Å². The van der Waals surface area contributed by atoms with Crippen LogP contribution in [0.2, 0.25) is 0 Å².